The van der Waals surface area contributed by atoms with E-state index in [0.29, 0.717) is 34.6 Å². The molecule has 5 aromatic rings. The Morgan fingerprint density at radius 2 is 1.71 bits per heavy atom. The summed E-state index contributed by atoms with van der Waals surface area (Å²) in [4.78, 5) is 16.0. The number of ether oxygens (including phenoxy) is 2. The second-order valence-electron chi connectivity index (χ2n) is 7.73. The van der Waals surface area contributed by atoms with E-state index in [1.807, 2.05) is 36.4 Å². The summed E-state index contributed by atoms with van der Waals surface area (Å²) in [5.41, 5.74) is 2.65. The molecule has 0 spiro atoms. The molecule has 0 aliphatic heterocycles. The molecule has 0 aliphatic carbocycles. The van der Waals surface area contributed by atoms with Crippen LogP contribution in [-0.2, 0) is 6.42 Å². The molecule has 9 heteroatoms. The van der Waals surface area contributed by atoms with Crippen LogP contribution in [0.3, 0.4) is 0 Å². The molecule has 0 amide bonds. The third kappa shape index (κ3) is 3.53. The van der Waals surface area contributed by atoms with Crippen molar-refractivity contribution in [2.45, 2.75) is 6.42 Å². The van der Waals surface area contributed by atoms with Crippen LogP contribution < -0.4 is 9.47 Å². The zero-order valence-corrected chi connectivity index (χ0v) is 18.4. The number of rotatable bonds is 6. The van der Waals surface area contributed by atoms with Crippen molar-refractivity contribution in [3.05, 3.63) is 82.0 Å². The van der Waals surface area contributed by atoms with Gasteiger partial charge < -0.3 is 14.6 Å². The molecule has 0 saturated heterocycles. The van der Waals surface area contributed by atoms with Gasteiger partial charge in [0.2, 0.25) is 0 Å². The average molecular weight is 456 g/mol. The number of phenols is 1. The maximum absolute atomic E-state index is 11.8. The van der Waals surface area contributed by atoms with Crippen molar-refractivity contribution in [2.24, 2.45) is 0 Å². The molecule has 0 aliphatic rings. The molecular weight excluding hydrogens is 436 g/mol. The van der Waals surface area contributed by atoms with Crippen LogP contribution in [0, 0.1) is 10.1 Å². The Balaban J connectivity index is 1.86. The second kappa shape index (κ2) is 8.36. The minimum absolute atomic E-state index is 0.108. The fourth-order valence-electron chi connectivity index (χ4n) is 4.19. The molecule has 3 aromatic carbocycles. The fourth-order valence-corrected chi connectivity index (χ4v) is 4.19. The molecule has 0 radical (unpaired) electrons. The smallest absolute Gasteiger partial charge is 0.279 e. The van der Waals surface area contributed by atoms with Gasteiger partial charge in [-0.25, -0.2) is 4.98 Å². The average Bonchev–Trinajstić information content (AvgIpc) is 3.25. The summed E-state index contributed by atoms with van der Waals surface area (Å²) in [5.74, 6) is 0.849. The molecule has 5 rings (SSSR count). The number of aromatic amines is 1. The number of nitro benzene ring substituents is 1. The molecule has 2 N–H and O–H groups in total. The molecule has 170 valence electrons. The lowest BCUT2D eigenvalue weighted by atomic mass is 9.97. The largest absolute Gasteiger partial charge is 0.508 e. The van der Waals surface area contributed by atoms with Crippen molar-refractivity contribution in [3.8, 4) is 28.5 Å². The topological polar surface area (TPSA) is 123 Å². The van der Waals surface area contributed by atoms with E-state index in [-0.39, 0.29) is 17.0 Å². The van der Waals surface area contributed by atoms with Crippen molar-refractivity contribution in [1.82, 2.24) is 15.2 Å². The number of hydrogen-bond acceptors (Lipinski definition) is 7. The van der Waals surface area contributed by atoms with E-state index in [1.54, 1.807) is 13.2 Å². The number of fused-ring (bicyclic) bond motifs is 3. The zero-order valence-electron chi connectivity index (χ0n) is 18.4. The summed E-state index contributed by atoms with van der Waals surface area (Å²) in [6.45, 7) is 0. The summed E-state index contributed by atoms with van der Waals surface area (Å²) in [5, 5.41) is 31.5. The lowest BCUT2D eigenvalue weighted by Gasteiger charge is -2.13. The lowest BCUT2D eigenvalue weighted by molar-refractivity contribution is -0.384. The molecule has 0 atom stereocenters. The van der Waals surface area contributed by atoms with E-state index in [0.717, 1.165) is 22.0 Å². The highest BCUT2D eigenvalue weighted by Gasteiger charge is 2.24. The Kier molecular flexibility index (Phi) is 5.21. The van der Waals surface area contributed by atoms with E-state index in [2.05, 4.69) is 10.2 Å². The summed E-state index contributed by atoms with van der Waals surface area (Å²) in [6.07, 6.45) is 0.591. The fraction of sp³-hybridized carbons (Fsp3) is 0.120. The van der Waals surface area contributed by atoms with E-state index in [1.165, 1.54) is 25.3 Å². The Hall–Kier alpha value is -4.66. The Morgan fingerprint density at radius 1 is 1.00 bits per heavy atom. The minimum Gasteiger partial charge on any atom is -0.508 e. The van der Waals surface area contributed by atoms with Crippen molar-refractivity contribution in [1.29, 1.82) is 0 Å². The quantitative estimate of drug-likeness (QED) is 0.272. The summed E-state index contributed by atoms with van der Waals surface area (Å²) < 4.78 is 11.0. The Labute approximate surface area is 193 Å². The first kappa shape index (κ1) is 21.2. The standard InChI is InChI=1S/C25H20N4O5/c1-33-21-12-16-17(13-22(21)34-2)24(18-11-15(30)8-9-20(18)29(31)32)26-25-23(16)19(27-28-25)10-14-6-4-3-5-7-14/h3-9,11-13,30H,10H2,1-2H3,(H,26,27,28). The van der Waals surface area contributed by atoms with Crippen LogP contribution in [0.4, 0.5) is 5.69 Å². The first-order valence-electron chi connectivity index (χ1n) is 10.4. The van der Waals surface area contributed by atoms with E-state index >= 15 is 0 Å². The number of pyridine rings is 1. The second-order valence-corrected chi connectivity index (χ2v) is 7.73. The predicted octanol–water partition coefficient (Wildman–Crippen LogP) is 5.00. The molecule has 34 heavy (non-hydrogen) atoms. The monoisotopic (exact) mass is 456 g/mol. The van der Waals surface area contributed by atoms with Gasteiger partial charge >= 0.3 is 0 Å². The van der Waals surface area contributed by atoms with Crippen LogP contribution in [0.2, 0.25) is 0 Å². The van der Waals surface area contributed by atoms with Crippen LogP contribution in [0.5, 0.6) is 17.2 Å². The molecule has 2 aromatic heterocycles. The third-order valence-electron chi connectivity index (χ3n) is 5.74. The number of nitrogens with zero attached hydrogens (tertiary/aromatic N) is 3. The maximum atomic E-state index is 11.8. The minimum atomic E-state index is -0.501. The normalized spacial score (nSPS) is 11.1. The number of phenolic OH excluding ortho intramolecular Hbond substituents is 1. The van der Waals surface area contributed by atoms with Crippen LogP contribution >= 0.6 is 0 Å². The van der Waals surface area contributed by atoms with Gasteiger partial charge in [0.05, 0.1) is 35.8 Å². The van der Waals surface area contributed by atoms with Gasteiger partial charge in [-0.05, 0) is 29.8 Å². The number of H-pyrrole nitrogens is 1. The van der Waals surface area contributed by atoms with Crippen molar-refractivity contribution in [2.75, 3.05) is 14.2 Å². The Bertz CT molecular complexity index is 1550. The van der Waals surface area contributed by atoms with Gasteiger partial charge in [-0.2, -0.15) is 5.10 Å². The molecule has 0 bridgehead atoms. The number of benzene rings is 3. The Morgan fingerprint density at radius 3 is 2.38 bits per heavy atom. The number of nitrogens with one attached hydrogen (secondary N) is 1. The number of aromatic hydroxyl groups is 1. The highest BCUT2D eigenvalue weighted by molar-refractivity contribution is 6.12. The molecule has 2 heterocycles. The van der Waals surface area contributed by atoms with E-state index < -0.39 is 4.92 Å². The number of aromatic nitrogens is 3. The molecule has 9 nitrogen and oxygen atoms in total. The van der Waals surface area contributed by atoms with Crippen molar-refractivity contribution < 1.29 is 19.5 Å². The van der Waals surface area contributed by atoms with Gasteiger partial charge in [-0.15, -0.1) is 0 Å². The predicted molar refractivity (Wildman–Crippen MR) is 128 cm³/mol. The SMILES string of the molecule is COc1cc2c(-c3cc(O)ccc3[N+](=O)[O-])nc3n[nH]c(Cc4ccccc4)c3c2cc1OC. The van der Waals surface area contributed by atoms with Gasteiger partial charge in [0.15, 0.2) is 17.1 Å². The van der Waals surface area contributed by atoms with Gasteiger partial charge in [-0.3, -0.25) is 15.2 Å². The number of nitro groups is 1. The summed E-state index contributed by atoms with van der Waals surface area (Å²) in [7, 11) is 3.06. The van der Waals surface area contributed by atoms with Crippen LogP contribution in [-0.4, -0.2) is 39.4 Å². The maximum Gasteiger partial charge on any atom is 0.279 e. The molecular formula is C25H20N4O5. The van der Waals surface area contributed by atoms with Gasteiger partial charge in [-0.1, -0.05) is 30.3 Å². The van der Waals surface area contributed by atoms with Gasteiger partial charge in [0.25, 0.3) is 5.69 Å². The summed E-state index contributed by atoms with van der Waals surface area (Å²) >= 11 is 0. The highest BCUT2D eigenvalue weighted by Crippen LogP contribution is 2.43. The summed E-state index contributed by atoms with van der Waals surface area (Å²) in [6, 6.07) is 17.4. The van der Waals surface area contributed by atoms with E-state index in [9.17, 15) is 15.2 Å². The van der Waals surface area contributed by atoms with Crippen molar-refractivity contribution in [3.63, 3.8) is 0 Å². The molecule has 0 fully saturated rings. The molecule has 0 unspecified atom stereocenters. The number of hydrogen-bond donors (Lipinski definition) is 2. The first-order valence-corrected chi connectivity index (χ1v) is 10.4. The first-order chi connectivity index (χ1) is 16.5. The van der Waals surface area contributed by atoms with Crippen LogP contribution in [0.1, 0.15) is 11.3 Å². The van der Waals surface area contributed by atoms with Crippen molar-refractivity contribution >= 4 is 27.5 Å². The lowest BCUT2D eigenvalue weighted by Crippen LogP contribution is -1.97. The van der Waals surface area contributed by atoms with Gasteiger partial charge in [0, 0.05) is 29.0 Å². The highest BCUT2D eigenvalue weighted by atomic mass is 16.6. The third-order valence-corrected chi connectivity index (χ3v) is 5.74. The van der Waals surface area contributed by atoms with E-state index in [4.69, 9.17) is 14.5 Å². The number of methoxy groups -OCH3 is 2. The van der Waals surface area contributed by atoms with Crippen LogP contribution in [0.15, 0.2) is 60.7 Å². The van der Waals surface area contributed by atoms with Crippen LogP contribution in [0.25, 0.3) is 33.1 Å². The zero-order chi connectivity index (χ0) is 23.8. The molecule has 0 saturated carbocycles. The van der Waals surface area contributed by atoms with Gasteiger partial charge in [0.1, 0.15) is 5.75 Å².